The predicted molar refractivity (Wildman–Crippen MR) is 325 cm³/mol. The van der Waals surface area contributed by atoms with Crippen LogP contribution in [0.5, 0.6) is 0 Å². The van der Waals surface area contributed by atoms with Crippen molar-refractivity contribution >= 4 is 55.6 Å². The van der Waals surface area contributed by atoms with Gasteiger partial charge in [0.2, 0.25) is 0 Å². The minimum atomic E-state index is -1.01. The van der Waals surface area contributed by atoms with Crippen LogP contribution in [0.1, 0.15) is 228 Å². The monoisotopic (exact) mass is 1230 g/mol. The first-order valence-corrected chi connectivity index (χ1v) is 34.7. The number of nitrogens with zero attached hydrogens (tertiary/aromatic N) is 2. The average molecular weight is 1230 g/mol. The zero-order valence-corrected chi connectivity index (χ0v) is 59.7. The van der Waals surface area contributed by atoms with Crippen molar-refractivity contribution in [1.82, 2.24) is 9.97 Å². The number of carbonyl (C=O) groups excluding carboxylic acids is 4. The molecule has 0 bridgehead atoms. The van der Waals surface area contributed by atoms with E-state index in [-0.39, 0.29) is 65.2 Å². The summed E-state index contributed by atoms with van der Waals surface area (Å²) in [6.07, 6.45) is 4.89. The molecule has 0 aliphatic heterocycles. The van der Waals surface area contributed by atoms with E-state index >= 15 is 0 Å². The third kappa shape index (κ3) is 41.9. The van der Waals surface area contributed by atoms with Crippen molar-refractivity contribution < 1.29 is 73.2 Å². The number of carboxylic acids is 4. The summed E-state index contributed by atoms with van der Waals surface area (Å²) in [5.74, 6) is -4.03. The molecule has 0 saturated carbocycles. The number of aromatic nitrogens is 2. The summed E-state index contributed by atoms with van der Waals surface area (Å²) < 4.78 is 0. The third-order valence-electron chi connectivity index (χ3n) is 12.1. The van der Waals surface area contributed by atoms with Crippen LogP contribution in [-0.4, -0.2) is 79.1 Å². The molecule has 446 valence electrons. The summed E-state index contributed by atoms with van der Waals surface area (Å²) in [5.41, 5.74) is 12.0. The van der Waals surface area contributed by atoms with Gasteiger partial charge in [0.15, 0.2) is 0 Å². The first-order chi connectivity index (χ1) is 33.0. The SMILES string of the molecule is CC(C)(C)C(=O)[O-].CC(C)(C)C(=O)[O-].CC(C)(C)C(=O)[O-].CC(C)(C)C(=O)[O-].Cc1cc(C[PH+](C(C)C)C(C)C)nc(C[PH+](C(C)C)C(C)C)c1.Cc1cc(C[PH+](C(C)C)C(C)C)nc(C[PH+](C(C)C)C(C)C)c1.[Co+2].[Co+2]. The topological polar surface area (TPSA) is 186 Å². The van der Waals surface area contributed by atoms with Crippen LogP contribution in [0.15, 0.2) is 24.3 Å². The molecule has 0 aliphatic carbocycles. The van der Waals surface area contributed by atoms with Gasteiger partial charge in [-0.15, -0.1) is 0 Å². The zero-order valence-electron chi connectivity index (χ0n) is 53.6. The number of carbonyl (C=O) groups is 4. The number of hydrogen-bond donors (Lipinski definition) is 0. The second-order valence-corrected chi connectivity index (χ2v) is 41.9. The number of pyridine rings is 2. The van der Waals surface area contributed by atoms with Gasteiger partial charge in [-0.2, -0.15) is 0 Å². The van der Waals surface area contributed by atoms with Crippen molar-refractivity contribution in [1.29, 1.82) is 0 Å². The van der Waals surface area contributed by atoms with Crippen molar-refractivity contribution in [2.75, 3.05) is 0 Å². The van der Waals surface area contributed by atoms with Crippen LogP contribution in [0.4, 0.5) is 0 Å². The smallest absolute Gasteiger partial charge is 0.550 e. The molecule has 76 heavy (non-hydrogen) atoms. The molecule has 2 aromatic rings. The van der Waals surface area contributed by atoms with Crippen LogP contribution < -0.4 is 20.4 Å². The van der Waals surface area contributed by atoms with E-state index in [9.17, 15) is 39.6 Å². The summed E-state index contributed by atoms with van der Waals surface area (Å²) in [6.45, 7) is 62.0. The van der Waals surface area contributed by atoms with E-state index in [0.29, 0.717) is 0 Å². The second kappa shape index (κ2) is 40.2. The number of aryl methyl sites for hydroxylation is 2. The van der Waals surface area contributed by atoms with Gasteiger partial charge in [-0.05, 0) is 160 Å². The van der Waals surface area contributed by atoms with Crippen LogP contribution in [0.2, 0.25) is 0 Å². The minimum absolute atomic E-state index is 0. The Morgan fingerprint density at radius 1 is 0.342 bits per heavy atom. The van der Waals surface area contributed by atoms with E-state index in [1.165, 1.54) is 58.6 Å². The summed E-state index contributed by atoms with van der Waals surface area (Å²) in [4.78, 5) is 49.8. The fraction of sp³-hybridized carbons (Fsp3) is 0.767. The van der Waals surface area contributed by atoms with Gasteiger partial charge in [0, 0.05) is 77.2 Å². The first-order valence-electron chi connectivity index (χ1n) is 27.2. The first kappa shape index (κ1) is 86.2. The Morgan fingerprint density at radius 3 is 0.526 bits per heavy atom. The molecule has 2 rings (SSSR count). The van der Waals surface area contributed by atoms with E-state index in [4.69, 9.17) is 9.97 Å². The Kier molecular flexibility index (Phi) is 45.5. The predicted octanol–water partition coefficient (Wildman–Crippen LogP) is 12.0. The molecular formula is C60H114Co2N2O8P4+4. The van der Waals surface area contributed by atoms with E-state index in [1.54, 1.807) is 83.1 Å². The third-order valence-corrected chi connectivity index (χ3v) is 27.0. The molecule has 0 saturated heterocycles. The minimum Gasteiger partial charge on any atom is -0.550 e. The summed E-state index contributed by atoms with van der Waals surface area (Å²) in [6, 6.07) is 9.32. The quantitative estimate of drug-likeness (QED) is 0.146. The second-order valence-electron chi connectivity index (χ2n) is 26.6. The largest absolute Gasteiger partial charge is 2.00 e. The van der Waals surface area contributed by atoms with E-state index in [2.05, 4.69) is 149 Å². The van der Waals surface area contributed by atoms with E-state index in [1.807, 2.05) is 0 Å². The summed E-state index contributed by atoms with van der Waals surface area (Å²) in [5, 5.41) is 39.6. The van der Waals surface area contributed by atoms with Gasteiger partial charge >= 0.3 is 33.6 Å². The Labute approximate surface area is 493 Å². The summed E-state index contributed by atoms with van der Waals surface area (Å²) >= 11 is 0. The number of aliphatic carboxylic acids is 4. The molecule has 2 heterocycles. The van der Waals surface area contributed by atoms with Crippen molar-refractivity contribution in [3.63, 3.8) is 0 Å². The molecule has 0 amide bonds. The molecule has 2 aromatic heterocycles. The van der Waals surface area contributed by atoms with Gasteiger partial charge in [0.25, 0.3) is 0 Å². The Balaban J connectivity index is -0.000000213. The summed E-state index contributed by atoms with van der Waals surface area (Å²) in [7, 11) is -1.51. The van der Waals surface area contributed by atoms with Crippen LogP contribution in [0, 0.1) is 35.5 Å². The van der Waals surface area contributed by atoms with Crippen molar-refractivity contribution in [3.05, 3.63) is 58.2 Å². The average Bonchev–Trinajstić information content (AvgIpc) is 3.18. The van der Waals surface area contributed by atoms with Gasteiger partial charge in [-0.3, -0.25) is 9.97 Å². The maximum Gasteiger partial charge on any atom is 2.00 e. The van der Waals surface area contributed by atoms with Gasteiger partial charge in [-0.1, -0.05) is 83.1 Å². The Morgan fingerprint density at radius 2 is 0.447 bits per heavy atom. The molecule has 0 spiro atoms. The molecule has 0 aliphatic rings. The van der Waals surface area contributed by atoms with Crippen LogP contribution in [-0.2, 0) is 77.4 Å². The van der Waals surface area contributed by atoms with Crippen LogP contribution in [0.25, 0.3) is 0 Å². The van der Waals surface area contributed by atoms with Crippen LogP contribution >= 0.6 is 31.7 Å². The normalized spacial score (nSPS) is 11.8. The van der Waals surface area contributed by atoms with Crippen molar-refractivity contribution in [2.45, 2.75) is 278 Å². The Hall–Kier alpha value is -1.09. The fourth-order valence-corrected chi connectivity index (χ4v) is 18.1. The van der Waals surface area contributed by atoms with Gasteiger partial charge < -0.3 is 39.6 Å². The molecule has 16 heteroatoms. The molecule has 0 aromatic carbocycles. The van der Waals surface area contributed by atoms with Crippen LogP contribution in [0.3, 0.4) is 0 Å². The van der Waals surface area contributed by atoms with Gasteiger partial charge in [-0.25, -0.2) is 0 Å². The maximum absolute atomic E-state index is 9.91. The van der Waals surface area contributed by atoms with Gasteiger partial charge in [0.05, 0.1) is 92.7 Å². The molecule has 0 N–H and O–H groups in total. The molecule has 0 atom stereocenters. The van der Waals surface area contributed by atoms with E-state index < -0.39 is 45.5 Å². The Bertz CT molecular complexity index is 1630. The maximum atomic E-state index is 9.91. The van der Waals surface area contributed by atoms with Gasteiger partial charge in [0.1, 0.15) is 0 Å². The van der Waals surface area contributed by atoms with Crippen molar-refractivity contribution in [2.24, 2.45) is 21.7 Å². The number of hydrogen-bond acceptors (Lipinski definition) is 10. The molecule has 2 radical (unpaired) electrons. The molecule has 0 unspecified atom stereocenters. The fourth-order valence-electron chi connectivity index (χ4n) is 7.13. The number of rotatable bonds is 16. The standard InChI is InChI=1S/2C20H37NP2.4C5H10O2.2Co/c2*1-14(2)22(15(3)4)12-19-10-18(9)11-20(21-19)13-23(16(5)6)17(7)8;4*1-5(2,3)4(6)7;;/h2*10-11,14-17H,12-13H2,1-9H3;4*1-3H3,(H,6,7);;/q;;;;;;2*+2. The molecule has 10 nitrogen and oxygen atoms in total. The van der Waals surface area contributed by atoms with E-state index in [0.717, 1.165) is 45.3 Å². The molecular weight excluding hydrogens is 1120 g/mol. The molecule has 0 fully saturated rings. The van der Waals surface area contributed by atoms with Crippen molar-refractivity contribution in [3.8, 4) is 0 Å². The number of carboxylic acid groups (broad SMARTS) is 4. The zero-order chi connectivity index (χ0) is 59.8.